The standard InChI is InChI=1S/C21H20F2N2O3S/c1-3-28-20(27)8-7-19(26)25(15-6-4-5-13(2)9-15)12-18-24-17-11-14(22)10-16(23)21(17)29-18/h4-6,9-11H,3,7-8,12H2,1-2H3. The number of hydrogen-bond acceptors (Lipinski definition) is 5. The third-order valence-corrected chi connectivity index (χ3v) is 5.27. The zero-order valence-electron chi connectivity index (χ0n) is 16.1. The molecule has 3 aromatic rings. The van der Waals surface area contributed by atoms with Crippen molar-refractivity contribution in [2.75, 3.05) is 11.5 Å². The summed E-state index contributed by atoms with van der Waals surface area (Å²) in [6.07, 6.45) is -0.0602. The SMILES string of the molecule is CCOC(=O)CCC(=O)N(Cc1nc2cc(F)cc(F)c2s1)c1cccc(C)c1. The first-order valence-electron chi connectivity index (χ1n) is 9.14. The molecule has 0 spiro atoms. The highest BCUT2D eigenvalue weighted by Crippen LogP contribution is 2.28. The van der Waals surface area contributed by atoms with Crippen molar-refractivity contribution >= 4 is 39.1 Å². The summed E-state index contributed by atoms with van der Waals surface area (Å²) in [5, 5.41) is 0.468. The fourth-order valence-electron chi connectivity index (χ4n) is 2.91. The quantitative estimate of drug-likeness (QED) is 0.519. The van der Waals surface area contributed by atoms with E-state index in [0.29, 0.717) is 10.7 Å². The highest BCUT2D eigenvalue weighted by atomic mass is 32.1. The van der Waals surface area contributed by atoms with Gasteiger partial charge in [-0.2, -0.15) is 0 Å². The first-order chi connectivity index (χ1) is 13.9. The molecule has 0 fully saturated rings. The van der Waals surface area contributed by atoms with Gasteiger partial charge in [-0.05, 0) is 31.5 Å². The maximum Gasteiger partial charge on any atom is 0.306 e. The van der Waals surface area contributed by atoms with Crippen molar-refractivity contribution in [3.05, 3.63) is 58.6 Å². The zero-order chi connectivity index (χ0) is 21.0. The summed E-state index contributed by atoms with van der Waals surface area (Å²) < 4.78 is 32.6. The summed E-state index contributed by atoms with van der Waals surface area (Å²) in [5.74, 6) is -2.11. The van der Waals surface area contributed by atoms with Crippen molar-refractivity contribution in [3.63, 3.8) is 0 Å². The number of carbonyl (C=O) groups excluding carboxylic acids is 2. The third-order valence-electron chi connectivity index (χ3n) is 4.21. The van der Waals surface area contributed by atoms with Crippen LogP contribution in [0.2, 0.25) is 0 Å². The van der Waals surface area contributed by atoms with Gasteiger partial charge in [-0.25, -0.2) is 13.8 Å². The second-order valence-corrected chi connectivity index (χ2v) is 7.55. The Kier molecular flexibility index (Phi) is 6.53. The monoisotopic (exact) mass is 418 g/mol. The van der Waals surface area contributed by atoms with Gasteiger partial charge in [-0.1, -0.05) is 12.1 Å². The Labute approximate surface area is 170 Å². The smallest absolute Gasteiger partial charge is 0.306 e. The Morgan fingerprint density at radius 1 is 1.17 bits per heavy atom. The average molecular weight is 418 g/mol. The Hall–Kier alpha value is -2.87. The molecular formula is C21H20F2N2O3S. The molecule has 0 saturated carbocycles. The lowest BCUT2D eigenvalue weighted by Gasteiger charge is -2.22. The van der Waals surface area contributed by atoms with Crippen molar-refractivity contribution < 1.29 is 23.1 Å². The maximum atomic E-state index is 14.0. The molecular weight excluding hydrogens is 398 g/mol. The number of anilines is 1. The molecule has 0 saturated heterocycles. The number of fused-ring (bicyclic) bond motifs is 1. The maximum absolute atomic E-state index is 14.0. The molecule has 0 unspecified atom stereocenters. The van der Waals surface area contributed by atoms with E-state index >= 15 is 0 Å². The first-order valence-corrected chi connectivity index (χ1v) is 9.96. The van der Waals surface area contributed by atoms with Gasteiger partial charge in [0.15, 0.2) is 0 Å². The fraction of sp³-hybridized carbons (Fsp3) is 0.286. The number of aryl methyl sites for hydroxylation is 1. The molecule has 2 aromatic carbocycles. The Balaban J connectivity index is 1.88. The molecule has 0 bridgehead atoms. The summed E-state index contributed by atoms with van der Waals surface area (Å²) in [6.45, 7) is 3.95. The fourth-order valence-corrected chi connectivity index (χ4v) is 3.84. The molecule has 5 nitrogen and oxygen atoms in total. The number of esters is 1. The number of halogens is 2. The lowest BCUT2D eigenvalue weighted by Crippen LogP contribution is -2.30. The average Bonchev–Trinajstić information content (AvgIpc) is 3.07. The molecule has 1 aromatic heterocycles. The van der Waals surface area contributed by atoms with Crippen LogP contribution in [-0.4, -0.2) is 23.5 Å². The van der Waals surface area contributed by atoms with E-state index in [0.717, 1.165) is 29.0 Å². The van der Waals surface area contributed by atoms with Crippen molar-refractivity contribution in [1.82, 2.24) is 4.98 Å². The van der Waals surface area contributed by atoms with E-state index in [4.69, 9.17) is 4.74 Å². The molecule has 0 aliphatic carbocycles. The molecule has 0 atom stereocenters. The molecule has 0 aliphatic heterocycles. The van der Waals surface area contributed by atoms with E-state index in [1.807, 2.05) is 25.1 Å². The third kappa shape index (κ3) is 5.14. The number of hydrogen-bond donors (Lipinski definition) is 0. The van der Waals surface area contributed by atoms with Gasteiger partial charge >= 0.3 is 5.97 Å². The zero-order valence-corrected chi connectivity index (χ0v) is 16.9. The largest absolute Gasteiger partial charge is 0.466 e. The molecule has 1 heterocycles. The van der Waals surface area contributed by atoms with Gasteiger partial charge in [-0.3, -0.25) is 9.59 Å². The van der Waals surface area contributed by atoms with E-state index in [1.165, 1.54) is 4.90 Å². The Bertz CT molecular complexity index is 1050. The van der Waals surface area contributed by atoms with Crippen LogP contribution in [0.15, 0.2) is 36.4 Å². The molecule has 152 valence electrons. The van der Waals surface area contributed by atoms with E-state index in [-0.39, 0.29) is 42.1 Å². The van der Waals surface area contributed by atoms with Crippen molar-refractivity contribution in [2.24, 2.45) is 0 Å². The van der Waals surface area contributed by atoms with E-state index in [2.05, 4.69) is 4.98 Å². The molecule has 29 heavy (non-hydrogen) atoms. The number of rotatable bonds is 7. The number of nitrogens with zero attached hydrogens (tertiary/aromatic N) is 2. The number of thiazole rings is 1. The molecule has 0 radical (unpaired) electrons. The number of carbonyl (C=O) groups is 2. The van der Waals surface area contributed by atoms with Gasteiger partial charge in [0.2, 0.25) is 5.91 Å². The number of benzene rings is 2. The summed E-state index contributed by atoms with van der Waals surface area (Å²) in [4.78, 5) is 30.3. The lowest BCUT2D eigenvalue weighted by molar-refractivity contribution is -0.144. The van der Waals surface area contributed by atoms with Crippen LogP contribution in [0.3, 0.4) is 0 Å². The van der Waals surface area contributed by atoms with Gasteiger partial charge in [0.05, 0.1) is 29.8 Å². The predicted octanol–water partition coefficient (Wildman–Crippen LogP) is 4.76. The van der Waals surface area contributed by atoms with E-state index in [9.17, 15) is 18.4 Å². The normalized spacial score (nSPS) is 10.9. The lowest BCUT2D eigenvalue weighted by atomic mass is 10.2. The topological polar surface area (TPSA) is 59.5 Å². The van der Waals surface area contributed by atoms with Gasteiger partial charge in [0.25, 0.3) is 0 Å². The highest BCUT2D eigenvalue weighted by molar-refractivity contribution is 7.18. The summed E-state index contributed by atoms with van der Waals surface area (Å²) in [7, 11) is 0. The molecule has 0 N–H and O–H groups in total. The number of ether oxygens (including phenoxy) is 1. The summed E-state index contributed by atoms with van der Waals surface area (Å²) in [6, 6.07) is 9.33. The number of amides is 1. The van der Waals surface area contributed by atoms with Gasteiger partial charge in [0, 0.05) is 24.2 Å². The van der Waals surface area contributed by atoms with E-state index in [1.54, 1.807) is 13.0 Å². The summed E-state index contributed by atoms with van der Waals surface area (Å²) >= 11 is 1.07. The second-order valence-electron chi connectivity index (χ2n) is 6.47. The molecule has 3 rings (SSSR count). The van der Waals surface area contributed by atoms with Crippen molar-refractivity contribution in [3.8, 4) is 0 Å². The minimum absolute atomic E-state index is 0.0271. The van der Waals surface area contributed by atoms with Crippen molar-refractivity contribution in [2.45, 2.75) is 33.2 Å². The molecule has 8 heteroatoms. The molecule has 0 aliphatic rings. The van der Waals surface area contributed by atoms with Crippen LogP contribution >= 0.6 is 11.3 Å². The second kappa shape index (κ2) is 9.09. The summed E-state index contributed by atoms with van der Waals surface area (Å²) in [5.41, 5.74) is 1.82. The first kappa shape index (κ1) is 20.9. The van der Waals surface area contributed by atoms with Crippen molar-refractivity contribution in [1.29, 1.82) is 0 Å². The number of aromatic nitrogens is 1. The van der Waals surface area contributed by atoms with Crippen LogP contribution in [0.4, 0.5) is 14.5 Å². The van der Waals surface area contributed by atoms with Crippen LogP contribution in [0.5, 0.6) is 0 Å². The van der Waals surface area contributed by atoms with Gasteiger partial charge in [-0.15, -0.1) is 11.3 Å². The minimum atomic E-state index is -0.701. The van der Waals surface area contributed by atoms with Crippen LogP contribution in [0, 0.1) is 18.6 Å². The minimum Gasteiger partial charge on any atom is -0.466 e. The highest BCUT2D eigenvalue weighted by Gasteiger charge is 2.20. The predicted molar refractivity (Wildman–Crippen MR) is 108 cm³/mol. The van der Waals surface area contributed by atoms with Crippen LogP contribution < -0.4 is 4.90 Å². The van der Waals surface area contributed by atoms with Gasteiger partial charge in [0.1, 0.15) is 16.6 Å². The Morgan fingerprint density at radius 2 is 1.97 bits per heavy atom. The van der Waals surface area contributed by atoms with Crippen LogP contribution in [0.25, 0.3) is 10.2 Å². The van der Waals surface area contributed by atoms with Gasteiger partial charge < -0.3 is 9.64 Å². The molecule has 1 amide bonds. The Morgan fingerprint density at radius 3 is 2.69 bits per heavy atom. The van der Waals surface area contributed by atoms with Crippen LogP contribution in [0.1, 0.15) is 30.3 Å². The van der Waals surface area contributed by atoms with Crippen LogP contribution in [-0.2, 0) is 20.9 Å². The van der Waals surface area contributed by atoms with E-state index < -0.39 is 17.6 Å².